The van der Waals surface area contributed by atoms with Crippen LogP contribution in [0.5, 0.6) is 0 Å². The molecule has 1 aliphatic carbocycles. The maximum absolute atomic E-state index is 10.7. The second-order valence-corrected chi connectivity index (χ2v) is 6.92. The quantitative estimate of drug-likeness (QED) is 0.234. The molecule has 0 aromatic rings. The van der Waals surface area contributed by atoms with E-state index in [4.69, 9.17) is 0 Å². The fourth-order valence-corrected chi connectivity index (χ4v) is 3.67. The van der Waals surface area contributed by atoms with Gasteiger partial charge in [0, 0.05) is 0 Å². The zero-order valence-electron chi connectivity index (χ0n) is 14.2. The van der Waals surface area contributed by atoms with Crippen LogP contribution in [0.4, 0.5) is 0 Å². The lowest BCUT2D eigenvalue weighted by molar-refractivity contribution is 0.271. The number of nitrogens with zero attached hydrogens (tertiary/aromatic N) is 1. The lowest BCUT2D eigenvalue weighted by Gasteiger charge is -2.32. The van der Waals surface area contributed by atoms with Crippen LogP contribution >= 0.6 is 0 Å². The third-order valence-electron chi connectivity index (χ3n) is 5.06. The highest BCUT2D eigenvalue weighted by Crippen LogP contribution is 2.35. The smallest absolute Gasteiger partial charge is 0.211 e. The Morgan fingerprint density at radius 3 is 1.86 bits per heavy atom. The Morgan fingerprint density at radius 1 is 0.810 bits per heavy atom. The molecular weight excluding hydrogens is 258 g/mol. The van der Waals surface area contributed by atoms with Crippen LogP contribution in [0.2, 0.25) is 0 Å². The zero-order chi connectivity index (χ0) is 15.2. The van der Waals surface area contributed by atoms with E-state index in [2.05, 4.69) is 11.9 Å². The number of hydrogen-bond donors (Lipinski definition) is 0. The van der Waals surface area contributed by atoms with E-state index in [1.54, 1.807) is 0 Å². The summed E-state index contributed by atoms with van der Waals surface area (Å²) in [5.41, 5.74) is -0.0276. The van der Waals surface area contributed by atoms with Crippen molar-refractivity contribution in [2.75, 3.05) is 0 Å². The van der Waals surface area contributed by atoms with Crippen LogP contribution < -0.4 is 0 Å². The van der Waals surface area contributed by atoms with E-state index in [-0.39, 0.29) is 5.54 Å². The second kappa shape index (κ2) is 12.0. The van der Waals surface area contributed by atoms with E-state index in [0.29, 0.717) is 0 Å². The molecule has 2 nitrogen and oxygen atoms in total. The van der Waals surface area contributed by atoms with E-state index >= 15 is 0 Å². The van der Waals surface area contributed by atoms with Crippen molar-refractivity contribution in [2.24, 2.45) is 4.99 Å². The largest absolute Gasteiger partial charge is 0.235 e. The molecule has 0 spiro atoms. The molecule has 0 aromatic heterocycles. The summed E-state index contributed by atoms with van der Waals surface area (Å²) in [6, 6.07) is 0. The Hall–Kier alpha value is -0.620. The lowest BCUT2D eigenvalue weighted by atomic mass is 9.78. The van der Waals surface area contributed by atoms with Crippen LogP contribution in [-0.2, 0) is 4.79 Å². The molecule has 122 valence electrons. The maximum atomic E-state index is 10.7. The maximum Gasteiger partial charge on any atom is 0.235 e. The Balaban J connectivity index is 2.00. The van der Waals surface area contributed by atoms with Gasteiger partial charge in [-0.15, -0.1) is 0 Å². The van der Waals surface area contributed by atoms with Crippen LogP contribution in [0, 0.1) is 0 Å². The Morgan fingerprint density at radius 2 is 1.33 bits per heavy atom. The molecule has 1 saturated carbocycles. The summed E-state index contributed by atoms with van der Waals surface area (Å²) in [5, 5.41) is 0. The van der Waals surface area contributed by atoms with Gasteiger partial charge in [0.15, 0.2) is 0 Å². The predicted molar refractivity (Wildman–Crippen MR) is 90.4 cm³/mol. The van der Waals surface area contributed by atoms with Crippen molar-refractivity contribution in [3.8, 4) is 0 Å². The van der Waals surface area contributed by atoms with Crippen molar-refractivity contribution in [1.82, 2.24) is 0 Å². The van der Waals surface area contributed by atoms with Crippen molar-refractivity contribution in [2.45, 2.75) is 115 Å². The molecule has 0 atom stereocenters. The highest BCUT2D eigenvalue weighted by Gasteiger charge is 2.30. The number of hydrogen-bond acceptors (Lipinski definition) is 2. The van der Waals surface area contributed by atoms with Gasteiger partial charge in [0.2, 0.25) is 6.08 Å². The Labute approximate surface area is 131 Å². The first kappa shape index (κ1) is 18.4. The summed E-state index contributed by atoms with van der Waals surface area (Å²) < 4.78 is 0. The van der Waals surface area contributed by atoms with Crippen LogP contribution in [0.3, 0.4) is 0 Å². The molecule has 1 rings (SSSR count). The normalized spacial score (nSPS) is 17.4. The first-order chi connectivity index (χ1) is 10.3. The van der Waals surface area contributed by atoms with Gasteiger partial charge in [-0.25, -0.2) is 4.79 Å². The van der Waals surface area contributed by atoms with Gasteiger partial charge in [-0.1, -0.05) is 90.4 Å². The number of isocyanates is 1. The summed E-state index contributed by atoms with van der Waals surface area (Å²) in [6.45, 7) is 2.27. The summed E-state index contributed by atoms with van der Waals surface area (Å²) in [4.78, 5) is 14.9. The van der Waals surface area contributed by atoms with E-state index in [1.807, 2.05) is 6.08 Å². The highest BCUT2D eigenvalue weighted by molar-refractivity contribution is 5.35. The number of rotatable bonds is 12. The minimum atomic E-state index is -0.0276. The first-order valence-corrected chi connectivity index (χ1v) is 9.42. The molecule has 21 heavy (non-hydrogen) atoms. The van der Waals surface area contributed by atoms with Crippen LogP contribution in [0.25, 0.3) is 0 Å². The first-order valence-electron chi connectivity index (χ1n) is 9.42. The van der Waals surface area contributed by atoms with E-state index in [9.17, 15) is 4.79 Å². The summed E-state index contributed by atoms with van der Waals surface area (Å²) >= 11 is 0. The molecule has 0 aliphatic heterocycles. The molecule has 0 N–H and O–H groups in total. The zero-order valence-corrected chi connectivity index (χ0v) is 14.2. The van der Waals surface area contributed by atoms with Gasteiger partial charge in [0.25, 0.3) is 0 Å². The second-order valence-electron chi connectivity index (χ2n) is 6.92. The SMILES string of the molecule is CCCCCCCCCCCCC1(N=C=O)CCCCC1. The van der Waals surface area contributed by atoms with Crippen LogP contribution in [0.1, 0.15) is 110 Å². The minimum absolute atomic E-state index is 0.0276. The van der Waals surface area contributed by atoms with Crippen molar-refractivity contribution >= 4 is 6.08 Å². The van der Waals surface area contributed by atoms with Crippen molar-refractivity contribution in [1.29, 1.82) is 0 Å². The van der Waals surface area contributed by atoms with Crippen LogP contribution in [-0.4, -0.2) is 11.6 Å². The van der Waals surface area contributed by atoms with Crippen molar-refractivity contribution < 1.29 is 4.79 Å². The molecule has 2 heteroatoms. The van der Waals surface area contributed by atoms with Gasteiger partial charge in [0.1, 0.15) is 0 Å². The topological polar surface area (TPSA) is 29.4 Å². The molecule has 0 aromatic carbocycles. The molecular formula is C19H35NO. The summed E-state index contributed by atoms with van der Waals surface area (Å²) in [6.07, 6.45) is 22.7. The van der Waals surface area contributed by atoms with Gasteiger partial charge >= 0.3 is 0 Å². The van der Waals surface area contributed by atoms with Crippen LogP contribution in [0.15, 0.2) is 4.99 Å². The van der Waals surface area contributed by atoms with Gasteiger partial charge in [-0.05, 0) is 19.3 Å². The van der Waals surface area contributed by atoms with Crippen molar-refractivity contribution in [3.05, 3.63) is 0 Å². The fraction of sp³-hybridized carbons (Fsp3) is 0.947. The Kier molecular flexibility index (Phi) is 10.5. The third-order valence-corrected chi connectivity index (χ3v) is 5.06. The monoisotopic (exact) mass is 293 g/mol. The van der Waals surface area contributed by atoms with E-state index in [0.717, 1.165) is 19.3 Å². The third kappa shape index (κ3) is 8.41. The van der Waals surface area contributed by atoms with E-state index in [1.165, 1.54) is 83.5 Å². The Bertz CT molecular complexity index is 288. The molecule has 0 amide bonds. The van der Waals surface area contributed by atoms with Gasteiger partial charge in [-0.2, -0.15) is 4.99 Å². The molecule has 0 heterocycles. The average Bonchev–Trinajstić information content (AvgIpc) is 2.50. The number of carbonyl (C=O) groups excluding carboxylic acids is 1. The summed E-state index contributed by atoms with van der Waals surface area (Å²) in [5.74, 6) is 0. The molecule has 0 unspecified atom stereocenters. The van der Waals surface area contributed by atoms with Crippen molar-refractivity contribution in [3.63, 3.8) is 0 Å². The number of unbranched alkanes of at least 4 members (excludes halogenated alkanes) is 9. The van der Waals surface area contributed by atoms with Gasteiger partial charge < -0.3 is 0 Å². The highest BCUT2D eigenvalue weighted by atomic mass is 16.1. The predicted octanol–water partition coefficient (Wildman–Crippen LogP) is 6.34. The van der Waals surface area contributed by atoms with Gasteiger partial charge in [0.05, 0.1) is 5.54 Å². The fourth-order valence-electron chi connectivity index (χ4n) is 3.67. The van der Waals surface area contributed by atoms with E-state index < -0.39 is 0 Å². The molecule has 1 aliphatic rings. The average molecular weight is 293 g/mol. The summed E-state index contributed by atoms with van der Waals surface area (Å²) in [7, 11) is 0. The standard InChI is InChI=1S/C19H35NO/c1-2-3-4-5-6-7-8-9-10-12-15-19(20-18-21)16-13-11-14-17-19/h2-17H2,1H3. The lowest BCUT2D eigenvalue weighted by Crippen LogP contribution is -2.29. The molecule has 0 radical (unpaired) electrons. The molecule has 0 bridgehead atoms. The number of aliphatic imine (C=N–C) groups is 1. The van der Waals surface area contributed by atoms with Gasteiger partial charge in [-0.3, -0.25) is 0 Å². The minimum Gasteiger partial charge on any atom is -0.211 e. The molecule has 0 saturated heterocycles. The molecule has 1 fully saturated rings.